The summed E-state index contributed by atoms with van der Waals surface area (Å²) < 4.78 is 0. The number of hydrogen-bond donors (Lipinski definition) is 2. The number of rotatable bonds is 6. The number of imidazole rings is 1. The van der Waals surface area contributed by atoms with Gasteiger partial charge in [-0.05, 0) is 43.2 Å². The Kier molecular flexibility index (Phi) is 5.16. The maximum atomic E-state index is 12.1. The Bertz CT molecular complexity index is 810. The Morgan fingerprint density at radius 1 is 1.25 bits per heavy atom. The Labute approximate surface area is 146 Å². The second kappa shape index (κ2) is 7.49. The van der Waals surface area contributed by atoms with Crippen molar-refractivity contribution in [2.75, 3.05) is 0 Å². The highest BCUT2D eigenvalue weighted by Crippen LogP contribution is 2.17. The first-order valence-electron chi connectivity index (χ1n) is 8.10. The van der Waals surface area contributed by atoms with Gasteiger partial charge in [0.2, 0.25) is 5.91 Å². The lowest BCUT2D eigenvalue weighted by molar-refractivity contribution is -0.121. The first-order valence-corrected chi connectivity index (χ1v) is 8.48. The van der Waals surface area contributed by atoms with Crippen LogP contribution in [0.15, 0.2) is 48.5 Å². The number of aryl methyl sites for hydroxylation is 1. The van der Waals surface area contributed by atoms with Crippen molar-refractivity contribution in [1.29, 1.82) is 0 Å². The number of carbonyl (C=O) groups is 1. The molecule has 1 aromatic heterocycles. The predicted molar refractivity (Wildman–Crippen MR) is 97.0 cm³/mol. The molecule has 124 valence electrons. The summed E-state index contributed by atoms with van der Waals surface area (Å²) in [6.07, 6.45) is 1.99. The number of carbonyl (C=O) groups excluding carboxylic acids is 1. The molecule has 0 bridgehead atoms. The van der Waals surface area contributed by atoms with Crippen LogP contribution in [0.3, 0.4) is 0 Å². The third-order valence-corrected chi connectivity index (χ3v) is 4.22. The molecular weight excluding hydrogens is 322 g/mol. The number of fused-ring (bicyclic) bond motifs is 1. The molecule has 2 aromatic carbocycles. The van der Waals surface area contributed by atoms with E-state index in [-0.39, 0.29) is 11.9 Å². The maximum absolute atomic E-state index is 12.1. The van der Waals surface area contributed by atoms with E-state index in [1.807, 2.05) is 55.5 Å². The van der Waals surface area contributed by atoms with Crippen LogP contribution < -0.4 is 5.32 Å². The summed E-state index contributed by atoms with van der Waals surface area (Å²) in [5.74, 6) is 0.963. The molecule has 0 saturated carbocycles. The van der Waals surface area contributed by atoms with Crippen LogP contribution in [0.4, 0.5) is 0 Å². The van der Waals surface area contributed by atoms with Gasteiger partial charge in [0.1, 0.15) is 5.82 Å². The molecule has 3 aromatic rings. The lowest BCUT2D eigenvalue weighted by Crippen LogP contribution is -2.26. The molecule has 0 unspecified atom stereocenters. The highest BCUT2D eigenvalue weighted by atomic mass is 35.5. The van der Waals surface area contributed by atoms with Gasteiger partial charge in [0, 0.05) is 17.9 Å². The number of para-hydroxylation sites is 2. The topological polar surface area (TPSA) is 57.8 Å². The van der Waals surface area contributed by atoms with Gasteiger partial charge in [0.25, 0.3) is 0 Å². The number of halogens is 1. The van der Waals surface area contributed by atoms with Gasteiger partial charge in [0.05, 0.1) is 17.1 Å². The summed E-state index contributed by atoms with van der Waals surface area (Å²) >= 11 is 5.99. The van der Waals surface area contributed by atoms with Crippen LogP contribution in [0.25, 0.3) is 11.0 Å². The minimum absolute atomic E-state index is 0.0404. The van der Waals surface area contributed by atoms with Crippen LogP contribution in [0, 0.1) is 0 Å². The summed E-state index contributed by atoms with van der Waals surface area (Å²) in [4.78, 5) is 19.9. The van der Waals surface area contributed by atoms with E-state index in [1.165, 1.54) is 0 Å². The zero-order valence-electron chi connectivity index (χ0n) is 13.6. The first-order chi connectivity index (χ1) is 11.6. The van der Waals surface area contributed by atoms with Crippen LogP contribution in [0.5, 0.6) is 0 Å². The number of hydrogen-bond acceptors (Lipinski definition) is 2. The molecule has 0 spiro atoms. The zero-order valence-corrected chi connectivity index (χ0v) is 14.3. The largest absolute Gasteiger partial charge is 0.350 e. The van der Waals surface area contributed by atoms with Crippen molar-refractivity contribution in [3.63, 3.8) is 0 Å². The summed E-state index contributed by atoms with van der Waals surface area (Å²) in [5, 5.41) is 3.69. The van der Waals surface area contributed by atoms with Crippen molar-refractivity contribution >= 4 is 28.5 Å². The number of aromatic nitrogens is 2. The van der Waals surface area contributed by atoms with E-state index in [0.29, 0.717) is 11.4 Å². The molecule has 0 aliphatic carbocycles. The van der Waals surface area contributed by atoms with E-state index in [1.54, 1.807) is 0 Å². The molecule has 2 N–H and O–H groups in total. The standard InChI is InChI=1S/C19H20ClN3O/c1-13(14-6-4-7-15(20)12-14)21-19(24)11-5-10-18-22-16-8-2-3-9-17(16)23-18/h2-4,6-9,12-13H,5,10-11H2,1H3,(H,21,24)(H,22,23)/t13-/m1/s1. The van der Waals surface area contributed by atoms with Crippen molar-refractivity contribution in [2.45, 2.75) is 32.2 Å². The van der Waals surface area contributed by atoms with E-state index in [4.69, 9.17) is 11.6 Å². The van der Waals surface area contributed by atoms with Crippen molar-refractivity contribution in [1.82, 2.24) is 15.3 Å². The van der Waals surface area contributed by atoms with Crippen molar-refractivity contribution in [2.24, 2.45) is 0 Å². The molecule has 24 heavy (non-hydrogen) atoms. The molecule has 1 amide bonds. The van der Waals surface area contributed by atoms with Crippen LogP contribution in [-0.2, 0) is 11.2 Å². The number of aromatic amines is 1. The molecule has 3 rings (SSSR count). The summed E-state index contributed by atoms with van der Waals surface area (Å²) in [7, 11) is 0. The van der Waals surface area contributed by atoms with E-state index >= 15 is 0 Å². The monoisotopic (exact) mass is 341 g/mol. The molecule has 1 heterocycles. The quantitative estimate of drug-likeness (QED) is 0.697. The number of H-pyrrole nitrogens is 1. The van der Waals surface area contributed by atoms with Gasteiger partial charge in [-0.3, -0.25) is 4.79 Å². The van der Waals surface area contributed by atoms with Crippen LogP contribution in [0.1, 0.15) is 37.2 Å². The number of nitrogens with zero attached hydrogens (tertiary/aromatic N) is 1. The minimum Gasteiger partial charge on any atom is -0.350 e. The lowest BCUT2D eigenvalue weighted by atomic mass is 10.1. The summed E-state index contributed by atoms with van der Waals surface area (Å²) in [6.45, 7) is 1.96. The van der Waals surface area contributed by atoms with Gasteiger partial charge in [0.15, 0.2) is 0 Å². The fraction of sp³-hybridized carbons (Fsp3) is 0.263. The second-order valence-corrected chi connectivity index (χ2v) is 6.33. The smallest absolute Gasteiger partial charge is 0.220 e. The minimum atomic E-state index is -0.0533. The average Bonchev–Trinajstić information content (AvgIpc) is 2.97. The molecule has 1 atom stereocenters. The molecule has 5 heteroatoms. The fourth-order valence-electron chi connectivity index (χ4n) is 2.71. The Morgan fingerprint density at radius 2 is 2.08 bits per heavy atom. The molecule has 0 aliphatic heterocycles. The molecule has 0 radical (unpaired) electrons. The number of nitrogens with one attached hydrogen (secondary N) is 2. The number of amides is 1. The lowest BCUT2D eigenvalue weighted by Gasteiger charge is -2.14. The molecule has 0 aliphatic rings. The van der Waals surface area contributed by atoms with Crippen molar-refractivity contribution in [3.05, 3.63) is 64.9 Å². The van der Waals surface area contributed by atoms with Gasteiger partial charge < -0.3 is 10.3 Å². The van der Waals surface area contributed by atoms with Gasteiger partial charge in [-0.25, -0.2) is 4.98 Å². The first kappa shape index (κ1) is 16.5. The molecule has 0 fully saturated rings. The molecule has 0 saturated heterocycles. The normalized spacial score (nSPS) is 12.2. The predicted octanol–water partition coefficient (Wildman–Crippen LogP) is 4.42. The zero-order chi connectivity index (χ0) is 16.9. The van der Waals surface area contributed by atoms with Crippen molar-refractivity contribution < 1.29 is 4.79 Å². The fourth-order valence-corrected chi connectivity index (χ4v) is 2.91. The third kappa shape index (κ3) is 4.15. The van der Waals surface area contributed by atoms with E-state index < -0.39 is 0 Å². The van der Waals surface area contributed by atoms with Gasteiger partial charge >= 0.3 is 0 Å². The summed E-state index contributed by atoms with van der Waals surface area (Å²) in [5.41, 5.74) is 3.01. The van der Waals surface area contributed by atoms with Crippen LogP contribution in [-0.4, -0.2) is 15.9 Å². The van der Waals surface area contributed by atoms with E-state index in [0.717, 1.165) is 35.3 Å². The van der Waals surface area contributed by atoms with Crippen LogP contribution >= 0.6 is 11.6 Å². The van der Waals surface area contributed by atoms with Crippen LogP contribution in [0.2, 0.25) is 5.02 Å². The SMILES string of the molecule is C[C@@H](NC(=O)CCCc1nc2ccccc2[nH]1)c1cccc(Cl)c1. The van der Waals surface area contributed by atoms with Gasteiger partial charge in [-0.15, -0.1) is 0 Å². The average molecular weight is 342 g/mol. The Morgan fingerprint density at radius 3 is 2.88 bits per heavy atom. The molecule has 4 nitrogen and oxygen atoms in total. The molecular formula is C19H20ClN3O. The number of benzene rings is 2. The Hall–Kier alpha value is -2.33. The highest BCUT2D eigenvalue weighted by Gasteiger charge is 2.10. The van der Waals surface area contributed by atoms with E-state index in [2.05, 4.69) is 15.3 Å². The highest BCUT2D eigenvalue weighted by molar-refractivity contribution is 6.30. The second-order valence-electron chi connectivity index (χ2n) is 5.90. The summed E-state index contributed by atoms with van der Waals surface area (Å²) in [6, 6.07) is 15.4. The van der Waals surface area contributed by atoms with Gasteiger partial charge in [-0.1, -0.05) is 35.9 Å². The van der Waals surface area contributed by atoms with E-state index in [9.17, 15) is 4.79 Å². The Balaban J connectivity index is 1.48. The maximum Gasteiger partial charge on any atom is 0.220 e. The van der Waals surface area contributed by atoms with Gasteiger partial charge in [-0.2, -0.15) is 0 Å². The third-order valence-electron chi connectivity index (χ3n) is 3.98. The van der Waals surface area contributed by atoms with Crippen molar-refractivity contribution in [3.8, 4) is 0 Å².